The Labute approximate surface area is 94.9 Å². The Bertz CT molecular complexity index is 310. The Morgan fingerprint density at radius 3 is 2.73 bits per heavy atom. The van der Waals surface area contributed by atoms with Crippen molar-refractivity contribution in [1.29, 1.82) is 0 Å². The van der Waals surface area contributed by atoms with Crippen molar-refractivity contribution in [2.45, 2.75) is 32.4 Å². The fourth-order valence-corrected chi connectivity index (χ4v) is 2.52. The van der Waals surface area contributed by atoms with Gasteiger partial charge in [0.2, 0.25) is 5.91 Å². The molecule has 1 aromatic heterocycles. The lowest BCUT2D eigenvalue weighted by molar-refractivity contribution is -0.123. The molecule has 0 radical (unpaired) electrons. The molecule has 3 nitrogen and oxygen atoms in total. The Morgan fingerprint density at radius 2 is 2.33 bits per heavy atom. The van der Waals surface area contributed by atoms with E-state index in [-0.39, 0.29) is 18.0 Å². The van der Waals surface area contributed by atoms with Gasteiger partial charge in [-0.25, -0.2) is 0 Å². The molecule has 2 N–H and O–H groups in total. The molecule has 2 unspecified atom stereocenters. The molecule has 0 aromatic carbocycles. The van der Waals surface area contributed by atoms with Gasteiger partial charge in [0.15, 0.2) is 0 Å². The second-order valence-corrected chi connectivity index (χ2v) is 4.66. The summed E-state index contributed by atoms with van der Waals surface area (Å²) < 4.78 is 0. The zero-order valence-corrected chi connectivity index (χ0v) is 10.3. The standard InChI is InChI=1S/C11H18N2OS/c1-4-9(11(12)14)13(3)8(2)10-6-5-7-15-10/h5-9H,4H2,1-3H3,(H2,12,14). The summed E-state index contributed by atoms with van der Waals surface area (Å²) in [6.07, 6.45) is 0.752. The van der Waals surface area contributed by atoms with E-state index in [1.807, 2.05) is 30.3 Å². The molecule has 4 heteroatoms. The number of rotatable bonds is 5. The molecule has 1 amide bonds. The summed E-state index contributed by atoms with van der Waals surface area (Å²) in [6, 6.07) is 4.17. The number of likely N-dealkylation sites (N-methyl/N-ethyl adjacent to an activating group) is 1. The average molecular weight is 226 g/mol. The first-order valence-corrected chi connectivity index (χ1v) is 6.00. The molecule has 0 saturated heterocycles. The van der Waals surface area contributed by atoms with Crippen LogP contribution in [0.4, 0.5) is 0 Å². The van der Waals surface area contributed by atoms with Crippen LogP contribution in [0.15, 0.2) is 17.5 Å². The van der Waals surface area contributed by atoms with Crippen molar-refractivity contribution < 1.29 is 4.79 Å². The van der Waals surface area contributed by atoms with Gasteiger partial charge in [-0.05, 0) is 31.8 Å². The predicted octanol–water partition coefficient (Wildman–Crippen LogP) is 2.00. The Hall–Kier alpha value is -0.870. The van der Waals surface area contributed by atoms with Crippen molar-refractivity contribution in [2.24, 2.45) is 5.73 Å². The van der Waals surface area contributed by atoms with E-state index in [1.165, 1.54) is 4.88 Å². The third-order valence-electron chi connectivity index (χ3n) is 2.77. The van der Waals surface area contributed by atoms with Gasteiger partial charge in [0.1, 0.15) is 0 Å². The maximum absolute atomic E-state index is 11.2. The van der Waals surface area contributed by atoms with Gasteiger partial charge in [-0.3, -0.25) is 9.69 Å². The number of thiophene rings is 1. The smallest absolute Gasteiger partial charge is 0.234 e. The van der Waals surface area contributed by atoms with Crippen LogP contribution in [0.25, 0.3) is 0 Å². The van der Waals surface area contributed by atoms with Gasteiger partial charge < -0.3 is 5.73 Å². The summed E-state index contributed by atoms with van der Waals surface area (Å²) in [5.74, 6) is -0.247. The number of nitrogens with two attached hydrogens (primary N) is 1. The summed E-state index contributed by atoms with van der Waals surface area (Å²) in [5, 5.41) is 2.05. The summed E-state index contributed by atoms with van der Waals surface area (Å²) in [4.78, 5) is 14.5. The van der Waals surface area contributed by atoms with E-state index < -0.39 is 0 Å². The van der Waals surface area contributed by atoms with Crippen LogP contribution >= 0.6 is 11.3 Å². The first-order chi connectivity index (χ1) is 7.07. The topological polar surface area (TPSA) is 46.3 Å². The minimum Gasteiger partial charge on any atom is -0.368 e. The maximum atomic E-state index is 11.2. The third kappa shape index (κ3) is 2.79. The SMILES string of the molecule is CCC(C(N)=O)N(C)C(C)c1cccs1. The lowest BCUT2D eigenvalue weighted by Gasteiger charge is -2.29. The van der Waals surface area contributed by atoms with Gasteiger partial charge in [-0.15, -0.1) is 11.3 Å². The van der Waals surface area contributed by atoms with Gasteiger partial charge in [0.05, 0.1) is 6.04 Å². The van der Waals surface area contributed by atoms with Crippen LogP contribution in [0.5, 0.6) is 0 Å². The summed E-state index contributed by atoms with van der Waals surface area (Å²) in [5.41, 5.74) is 5.36. The minimum absolute atomic E-state index is 0.179. The van der Waals surface area contributed by atoms with E-state index in [0.717, 1.165) is 6.42 Å². The molecular weight excluding hydrogens is 208 g/mol. The second kappa shape index (κ2) is 5.28. The number of nitrogens with zero attached hydrogens (tertiary/aromatic N) is 1. The lowest BCUT2D eigenvalue weighted by atomic mass is 10.1. The van der Waals surface area contributed by atoms with E-state index in [4.69, 9.17) is 5.73 Å². The predicted molar refractivity (Wildman–Crippen MR) is 63.8 cm³/mol. The fourth-order valence-electron chi connectivity index (χ4n) is 1.69. The third-order valence-corrected chi connectivity index (χ3v) is 3.82. The Morgan fingerprint density at radius 1 is 1.67 bits per heavy atom. The van der Waals surface area contributed by atoms with Gasteiger partial charge >= 0.3 is 0 Å². The van der Waals surface area contributed by atoms with E-state index in [2.05, 4.69) is 13.0 Å². The van der Waals surface area contributed by atoms with Crippen LogP contribution in [0, 0.1) is 0 Å². The number of hydrogen-bond donors (Lipinski definition) is 1. The molecule has 84 valence electrons. The van der Waals surface area contributed by atoms with Crippen LogP contribution in [-0.2, 0) is 4.79 Å². The summed E-state index contributed by atoms with van der Waals surface area (Å²) >= 11 is 1.71. The minimum atomic E-state index is -0.247. The molecule has 0 bridgehead atoms. The van der Waals surface area contributed by atoms with Gasteiger partial charge in [0, 0.05) is 10.9 Å². The largest absolute Gasteiger partial charge is 0.368 e. The van der Waals surface area contributed by atoms with Gasteiger partial charge in [-0.2, -0.15) is 0 Å². The highest BCUT2D eigenvalue weighted by Crippen LogP contribution is 2.25. The van der Waals surface area contributed by atoms with Crippen LogP contribution in [0.3, 0.4) is 0 Å². The molecular formula is C11H18N2OS. The molecule has 0 aliphatic heterocycles. The van der Waals surface area contributed by atoms with Crippen molar-refractivity contribution in [3.8, 4) is 0 Å². The highest BCUT2D eigenvalue weighted by Gasteiger charge is 2.24. The lowest BCUT2D eigenvalue weighted by Crippen LogP contribution is -2.43. The molecule has 0 spiro atoms. The van der Waals surface area contributed by atoms with E-state index in [9.17, 15) is 4.79 Å². The van der Waals surface area contributed by atoms with E-state index in [1.54, 1.807) is 11.3 Å². The van der Waals surface area contributed by atoms with Crippen LogP contribution in [-0.4, -0.2) is 23.9 Å². The second-order valence-electron chi connectivity index (χ2n) is 3.68. The molecule has 2 atom stereocenters. The Balaban J connectivity index is 2.75. The molecule has 0 fully saturated rings. The Kier molecular flexibility index (Phi) is 4.29. The first kappa shape index (κ1) is 12.2. The van der Waals surface area contributed by atoms with Crippen molar-refractivity contribution in [2.75, 3.05) is 7.05 Å². The maximum Gasteiger partial charge on any atom is 0.234 e. The van der Waals surface area contributed by atoms with Crippen molar-refractivity contribution in [3.63, 3.8) is 0 Å². The van der Waals surface area contributed by atoms with E-state index in [0.29, 0.717) is 0 Å². The molecule has 1 aromatic rings. The number of primary amides is 1. The number of hydrogen-bond acceptors (Lipinski definition) is 3. The van der Waals surface area contributed by atoms with Crippen LogP contribution in [0.1, 0.15) is 31.2 Å². The highest BCUT2D eigenvalue weighted by molar-refractivity contribution is 7.10. The first-order valence-electron chi connectivity index (χ1n) is 5.12. The average Bonchev–Trinajstić information content (AvgIpc) is 2.69. The molecule has 15 heavy (non-hydrogen) atoms. The fraction of sp³-hybridized carbons (Fsp3) is 0.545. The molecule has 1 rings (SSSR count). The van der Waals surface area contributed by atoms with Gasteiger partial charge in [0.25, 0.3) is 0 Å². The van der Waals surface area contributed by atoms with Gasteiger partial charge in [-0.1, -0.05) is 13.0 Å². The molecule has 0 saturated carbocycles. The quantitative estimate of drug-likeness (QED) is 0.834. The number of carbonyl (C=O) groups is 1. The van der Waals surface area contributed by atoms with E-state index >= 15 is 0 Å². The van der Waals surface area contributed by atoms with Crippen molar-refractivity contribution in [1.82, 2.24) is 4.90 Å². The van der Waals surface area contributed by atoms with Crippen LogP contribution < -0.4 is 5.73 Å². The monoisotopic (exact) mass is 226 g/mol. The zero-order chi connectivity index (χ0) is 11.4. The highest BCUT2D eigenvalue weighted by atomic mass is 32.1. The zero-order valence-electron chi connectivity index (χ0n) is 9.43. The summed E-state index contributed by atoms with van der Waals surface area (Å²) in [7, 11) is 1.95. The molecule has 0 aliphatic rings. The summed E-state index contributed by atoms with van der Waals surface area (Å²) in [6.45, 7) is 4.07. The molecule has 1 heterocycles. The molecule has 0 aliphatic carbocycles. The normalized spacial score (nSPS) is 15.2. The van der Waals surface area contributed by atoms with Crippen molar-refractivity contribution >= 4 is 17.2 Å². The number of carbonyl (C=O) groups excluding carboxylic acids is 1. The number of amides is 1. The van der Waals surface area contributed by atoms with Crippen LogP contribution in [0.2, 0.25) is 0 Å². The van der Waals surface area contributed by atoms with Crippen molar-refractivity contribution in [3.05, 3.63) is 22.4 Å².